The first-order chi connectivity index (χ1) is 10.2. The van der Waals surface area contributed by atoms with Gasteiger partial charge in [-0.05, 0) is 36.9 Å². The van der Waals surface area contributed by atoms with Crippen LogP contribution >= 0.6 is 0 Å². The molecule has 1 N–H and O–H groups in total. The van der Waals surface area contributed by atoms with Gasteiger partial charge in [0.05, 0.1) is 11.5 Å². The first kappa shape index (κ1) is 15.7. The molecule has 21 heavy (non-hydrogen) atoms. The quantitative estimate of drug-likeness (QED) is 0.618. The largest absolute Gasteiger partial charge is 0.487 e. The minimum atomic E-state index is -0.380. The number of nitro benzene ring substituents is 1. The maximum absolute atomic E-state index is 11.2. The summed E-state index contributed by atoms with van der Waals surface area (Å²) < 4.78 is 11.0. The molecule has 1 aliphatic heterocycles. The van der Waals surface area contributed by atoms with E-state index in [-0.39, 0.29) is 10.6 Å². The standard InChI is InChI=1S/C15H22N2O4/c1-2-16-10-13-3-4-15(14(9-13)17(18)19)21-11-12-5-7-20-8-6-12/h3-4,9,12,16H,2,5-8,10-11H2,1H3. The molecule has 0 bridgehead atoms. The van der Waals surface area contributed by atoms with Crippen molar-refractivity contribution in [3.63, 3.8) is 0 Å². The van der Waals surface area contributed by atoms with E-state index in [1.165, 1.54) is 0 Å². The Labute approximate surface area is 124 Å². The van der Waals surface area contributed by atoms with E-state index in [0.29, 0.717) is 24.8 Å². The van der Waals surface area contributed by atoms with Crippen LogP contribution in [0.15, 0.2) is 18.2 Å². The van der Waals surface area contributed by atoms with Crippen molar-refractivity contribution in [2.45, 2.75) is 26.3 Å². The van der Waals surface area contributed by atoms with Crippen LogP contribution < -0.4 is 10.1 Å². The molecule has 1 heterocycles. The Morgan fingerprint density at radius 1 is 1.43 bits per heavy atom. The molecule has 116 valence electrons. The van der Waals surface area contributed by atoms with Gasteiger partial charge < -0.3 is 14.8 Å². The minimum Gasteiger partial charge on any atom is -0.487 e. The average molecular weight is 294 g/mol. The zero-order valence-corrected chi connectivity index (χ0v) is 12.3. The van der Waals surface area contributed by atoms with Gasteiger partial charge in [0, 0.05) is 25.8 Å². The van der Waals surface area contributed by atoms with Crippen LogP contribution in [-0.2, 0) is 11.3 Å². The van der Waals surface area contributed by atoms with Crippen LogP contribution in [0, 0.1) is 16.0 Å². The van der Waals surface area contributed by atoms with Gasteiger partial charge in [0.15, 0.2) is 5.75 Å². The molecule has 0 saturated carbocycles. The zero-order chi connectivity index (χ0) is 15.1. The topological polar surface area (TPSA) is 73.6 Å². The van der Waals surface area contributed by atoms with Crippen molar-refractivity contribution in [1.82, 2.24) is 5.32 Å². The van der Waals surface area contributed by atoms with Crippen molar-refractivity contribution >= 4 is 5.69 Å². The third kappa shape index (κ3) is 4.68. The molecule has 1 aromatic carbocycles. The van der Waals surface area contributed by atoms with Crippen LogP contribution in [0.3, 0.4) is 0 Å². The van der Waals surface area contributed by atoms with E-state index in [0.717, 1.165) is 38.2 Å². The fourth-order valence-corrected chi connectivity index (χ4v) is 2.33. The third-order valence-electron chi connectivity index (χ3n) is 3.61. The van der Waals surface area contributed by atoms with Crippen molar-refractivity contribution in [2.75, 3.05) is 26.4 Å². The summed E-state index contributed by atoms with van der Waals surface area (Å²) in [7, 11) is 0. The van der Waals surface area contributed by atoms with Gasteiger partial charge in [-0.15, -0.1) is 0 Å². The fourth-order valence-electron chi connectivity index (χ4n) is 2.33. The van der Waals surface area contributed by atoms with E-state index >= 15 is 0 Å². The van der Waals surface area contributed by atoms with Crippen LogP contribution in [-0.4, -0.2) is 31.3 Å². The summed E-state index contributed by atoms with van der Waals surface area (Å²) in [5.74, 6) is 0.770. The Morgan fingerprint density at radius 2 is 2.19 bits per heavy atom. The molecule has 2 rings (SSSR count). The first-order valence-electron chi connectivity index (χ1n) is 7.39. The highest BCUT2D eigenvalue weighted by atomic mass is 16.6. The molecule has 1 aliphatic rings. The van der Waals surface area contributed by atoms with E-state index in [1.54, 1.807) is 12.1 Å². The lowest BCUT2D eigenvalue weighted by molar-refractivity contribution is -0.386. The van der Waals surface area contributed by atoms with E-state index < -0.39 is 0 Å². The van der Waals surface area contributed by atoms with Gasteiger partial charge >= 0.3 is 5.69 Å². The number of benzene rings is 1. The molecule has 1 saturated heterocycles. The molecule has 0 amide bonds. The second kappa shape index (κ2) is 7.95. The molecule has 0 atom stereocenters. The summed E-state index contributed by atoms with van der Waals surface area (Å²) in [5.41, 5.74) is 0.930. The SMILES string of the molecule is CCNCc1ccc(OCC2CCOCC2)c([N+](=O)[O-])c1. The predicted octanol–water partition coefficient (Wildman–Crippen LogP) is 2.51. The number of hydrogen-bond donors (Lipinski definition) is 1. The van der Waals surface area contributed by atoms with Crippen LogP contribution in [0.4, 0.5) is 5.69 Å². The Hall–Kier alpha value is -1.66. The van der Waals surface area contributed by atoms with Gasteiger partial charge in [-0.1, -0.05) is 13.0 Å². The molecular formula is C15H22N2O4. The Kier molecular flexibility index (Phi) is 5.95. The summed E-state index contributed by atoms with van der Waals surface area (Å²) in [5, 5.41) is 14.3. The van der Waals surface area contributed by atoms with Crippen LogP contribution in [0.1, 0.15) is 25.3 Å². The Morgan fingerprint density at radius 3 is 2.86 bits per heavy atom. The summed E-state index contributed by atoms with van der Waals surface area (Å²) in [4.78, 5) is 10.8. The van der Waals surface area contributed by atoms with E-state index in [1.807, 2.05) is 13.0 Å². The average Bonchev–Trinajstić information content (AvgIpc) is 2.52. The number of ether oxygens (including phenoxy) is 2. The number of nitrogens with one attached hydrogen (secondary N) is 1. The molecule has 0 radical (unpaired) electrons. The number of nitro groups is 1. The summed E-state index contributed by atoms with van der Waals surface area (Å²) in [6.45, 7) is 5.46. The first-order valence-corrected chi connectivity index (χ1v) is 7.39. The van der Waals surface area contributed by atoms with Gasteiger partial charge in [-0.25, -0.2) is 0 Å². The van der Waals surface area contributed by atoms with Crippen LogP contribution in [0.2, 0.25) is 0 Å². The molecular weight excluding hydrogens is 272 g/mol. The maximum Gasteiger partial charge on any atom is 0.311 e. The van der Waals surface area contributed by atoms with Gasteiger partial charge in [-0.3, -0.25) is 10.1 Å². The lowest BCUT2D eigenvalue weighted by Gasteiger charge is -2.22. The highest BCUT2D eigenvalue weighted by molar-refractivity contribution is 5.48. The van der Waals surface area contributed by atoms with Crippen molar-refractivity contribution in [3.05, 3.63) is 33.9 Å². The van der Waals surface area contributed by atoms with Crippen molar-refractivity contribution in [3.8, 4) is 5.75 Å². The summed E-state index contributed by atoms with van der Waals surface area (Å²) in [6.07, 6.45) is 1.90. The Balaban J connectivity index is 2.01. The molecule has 1 aromatic rings. The normalized spacial score (nSPS) is 15.9. The monoisotopic (exact) mass is 294 g/mol. The van der Waals surface area contributed by atoms with Crippen molar-refractivity contribution in [1.29, 1.82) is 0 Å². The molecule has 0 aliphatic carbocycles. The van der Waals surface area contributed by atoms with E-state index in [9.17, 15) is 10.1 Å². The van der Waals surface area contributed by atoms with Crippen molar-refractivity contribution in [2.24, 2.45) is 5.92 Å². The van der Waals surface area contributed by atoms with Crippen LogP contribution in [0.25, 0.3) is 0 Å². The summed E-state index contributed by atoms with van der Waals surface area (Å²) >= 11 is 0. The summed E-state index contributed by atoms with van der Waals surface area (Å²) in [6, 6.07) is 5.15. The highest BCUT2D eigenvalue weighted by Gasteiger charge is 2.19. The molecule has 0 spiro atoms. The second-order valence-corrected chi connectivity index (χ2v) is 5.21. The van der Waals surface area contributed by atoms with Gasteiger partial charge in [0.25, 0.3) is 0 Å². The smallest absolute Gasteiger partial charge is 0.311 e. The predicted molar refractivity (Wildman–Crippen MR) is 79.5 cm³/mol. The molecule has 6 nitrogen and oxygen atoms in total. The Bertz CT molecular complexity index is 473. The minimum absolute atomic E-state index is 0.0393. The molecule has 0 aromatic heterocycles. The molecule has 0 unspecified atom stereocenters. The lowest BCUT2D eigenvalue weighted by atomic mass is 10.0. The van der Waals surface area contributed by atoms with E-state index in [2.05, 4.69) is 5.32 Å². The van der Waals surface area contributed by atoms with E-state index in [4.69, 9.17) is 9.47 Å². The number of nitrogens with zero attached hydrogens (tertiary/aromatic N) is 1. The van der Waals surface area contributed by atoms with Crippen LogP contribution in [0.5, 0.6) is 5.75 Å². The second-order valence-electron chi connectivity index (χ2n) is 5.21. The van der Waals surface area contributed by atoms with Crippen molar-refractivity contribution < 1.29 is 14.4 Å². The zero-order valence-electron chi connectivity index (χ0n) is 12.3. The van der Waals surface area contributed by atoms with Gasteiger partial charge in [-0.2, -0.15) is 0 Å². The number of rotatable bonds is 7. The number of hydrogen-bond acceptors (Lipinski definition) is 5. The maximum atomic E-state index is 11.2. The van der Waals surface area contributed by atoms with Gasteiger partial charge in [0.1, 0.15) is 0 Å². The fraction of sp³-hybridized carbons (Fsp3) is 0.600. The lowest BCUT2D eigenvalue weighted by Crippen LogP contribution is -2.21. The third-order valence-corrected chi connectivity index (χ3v) is 3.61. The molecule has 1 fully saturated rings. The molecule has 6 heteroatoms. The highest BCUT2D eigenvalue weighted by Crippen LogP contribution is 2.29. The van der Waals surface area contributed by atoms with Gasteiger partial charge in [0.2, 0.25) is 0 Å².